The first kappa shape index (κ1) is 19.1. The molecule has 150 valence electrons. The second-order valence-corrected chi connectivity index (χ2v) is 9.03. The molecule has 0 saturated heterocycles. The van der Waals surface area contributed by atoms with Crippen LogP contribution < -0.4 is 5.56 Å². The Kier molecular flexibility index (Phi) is 4.72. The standard InChI is InChI=1S/C23H20N4OS2/c1-4-10-26-14(2)11-17(15(26)3)19-13-30-23-24-21-20(22(28)27(23)25-19)18(12-29-21)16-8-6-5-7-9-16/h4-9,11-12H,1,10,13H2,2-3H3. The molecule has 7 heteroatoms. The van der Waals surface area contributed by atoms with Crippen molar-refractivity contribution in [3.63, 3.8) is 0 Å². The van der Waals surface area contributed by atoms with E-state index in [-0.39, 0.29) is 5.56 Å². The lowest BCUT2D eigenvalue weighted by Crippen LogP contribution is -2.25. The van der Waals surface area contributed by atoms with Gasteiger partial charge in [-0.05, 0) is 25.5 Å². The summed E-state index contributed by atoms with van der Waals surface area (Å²) in [5.74, 6) is 0.688. The summed E-state index contributed by atoms with van der Waals surface area (Å²) in [6.45, 7) is 8.78. The predicted molar refractivity (Wildman–Crippen MR) is 126 cm³/mol. The van der Waals surface area contributed by atoms with Gasteiger partial charge >= 0.3 is 0 Å². The lowest BCUT2D eigenvalue weighted by molar-refractivity contribution is 0.700. The van der Waals surface area contributed by atoms with Crippen molar-refractivity contribution in [1.29, 1.82) is 0 Å². The first-order valence-corrected chi connectivity index (χ1v) is 11.5. The Morgan fingerprint density at radius 3 is 2.77 bits per heavy atom. The summed E-state index contributed by atoms with van der Waals surface area (Å²) in [7, 11) is 0. The van der Waals surface area contributed by atoms with Gasteiger partial charge in [-0.25, -0.2) is 4.98 Å². The monoisotopic (exact) mass is 432 g/mol. The van der Waals surface area contributed by atoms with Crippen LogP contribution in [0.1, 0.15) is 17.0 Å². The van der Waals surface area contributed by atoms with Gasteiger partial charge in [-0.15, -0.1) is 17.9 Å². The molecule has 0 bridgehead atoms. The third-order valence-corrected chi connectivity index (χ3v) is 7.21. The summed E-state index contributed by atoms with van der Waals surface area (Å²) in [6.07, 6.45) is 1.89. The Bertz CT molecular complexity index is 1380. The summed E-state index contributed by atoms with van der Waals surface area (Å²) >= 11 is 3.07. The van der Waals surface area contributed by atoms with Gasteiger partial charge in [-0.3, -0.25) is 4.79 Å². The molecule has 1 aliphatic heterocycles. The van der Waals surface area contributed by atoms with E-state index in [9.17, 15) is 4.79 Å². The van der Waals surface area contributed by atoms with Crippen LogP contribution in [0.25, 0.3) is 21.3 Å². The average molecular weight is 433 g/mol. The molecule has 0 radical (unpaired) electrons. The van der Waals surface area contributed by atoms with Crippen molar-refractivity contribution in [2.75, 3.05) is 5.75 Å². The zero-order valence-electron chi connectivity index (χ0n) is 16.8. The minimum absolute atomic E-state index is 0.111. The number of aromatic nitrogens is 3. The Labute approximate surface area is 182 Å². The molecular formula is C23H20N4OS2. The highest BCUT2D eigenvalue weighted by atomic mass is 32.2. The fourth-order valence-electron chi connectivity index (χ4n) is 3.89. The average Bonchev–Trinajstić information content (AvgIpc) is 3.31. The molecule has 0 fully saturated rings. The summed E-state index contributed by atoms with van der Waals surface area (Å²) in [4.78, 5) is 19.0. The van der Waals surface area contributed by atoms with E-state index in [4.69, 9.17) is 10.1 Å². The zero-order valence-corrected chi connectivity index (χ0v) is 18.4. The van der Waals surface area contributed by atoms with Crippen molar-refractivity contribution in [1.82, 2.24) is 14.2 Å². The molecule has 0 N–H and O–H groups in total. The fourth-order valence-corrected chi connectivity index (χ4v) is 5.77. The number of benzene rings is 1. The SMILES string of the molecule is C=CCn1c(C)cc(C2=Nn3c(nc4scc(-c5ccccc5)c4c3=O)SC2)c1C. The molecule has 4 heterocycles. The highest BCUT2D eigenvalue weighted by molar-refractivity contribution is 7.99. The number of hydrogen-bond donors (Lipinski definition) is 0. The molecule has 0 amide bonds. The molecule has 5 nitrogen and oxygen atoms in total. The minimum atomic E-state index is -0.111. The van der Waals surface area contributed by atoms with Crippen LogP contribution in [0.15, 0.2) is 69.5 Å². The van der Waals surface area contributed by atoms with Crippen LogP contribution in [0.2, 0.25) is 0 Å². The Balaban J connectivity index is 1.68. The highest BCUT2D eigenvalue weighted by Gasteiger charge is 2.23. The van der Waals surface area contributed by atoms with Crippen LogP contribution in [0.3, 0.4) is 0 Å². The van der Waals surface area contributed by atoms with E-state index in [0.29, 0.717) is 16.3 Å². The maximum absolute atomic E-state index is 13.5. The number of fused-ring (bicyclic) bond motifs is 2. The number of hydrogen-bond acceptors (Lipinski definition) is 5. The van der Waals surface area contributed by atoms with Gasteiger partial charge in [-0.1, -0.05) is 48.2 Å². The largest absolute Gasteiger partial charge is 0.345 e. The molecule has 3 aromatic heterocycles. The number of allylic oxidation sites excluding steroid dienone is 1. The molecular weight excluding hydrogens is 412 g/mol. The molecule has 0 atom stereocenters. The van der Waals surface area contributed by atoms with Gasteiger partial charge in [0.05, 0.1) is 11.1 Å². The first-order valence-electron chi connectivity index (χ1n) is 9.66. The lowest BCUT2D eigenvalue weighted by Gasteiger charge is -2.16. The summed E-state index contributed by atoms with van der Waals surface area (Å²) in [5.41, 5.74) is 6.09. The molecule has 0 aliphatic carbocycles. The van der Waals surface area contributed by atoms with Crippen LogP contribution in [0.4, 0.5) is 0 Å². The number of thiophene rings is 1. The third kappa shape index (κ3) is 2.97. The maximum Gasteiger partial charge on any atom is 0.284 e. The summed E-state index contributed by atoms with van der Waals surface area (Å²) < 4.78 is 3.69. The molecule has 1 aliphatic rings. The van der Waals surface area contributed by atoms with Crippen molar-refractivity contribution in [3.8, 4) is 11.1 Å². The normalized spacial score (nSPS) is 13.3. The van der Waals surface area contributed by atoms with Crippen LogP contribution >= 0.6 is 23.1 Å². The van der Waals surface area contributed by atoms with Crippen molar-refractivity contribution < 1.29 is 0 Å². The lowest BCUT2D eigenvalue weighted by atomic mass is 10.1. The number of rotatable bonds is 4. The number of nitrogens with zero attached hydrogens (tertiary/aromatic N) is 4. The van der Waals surface area contributed by atoms with Gasteiger partial charge in [0.1, 0.15) is 4.83 Å². The number of thioether (sulfide) groups is 1. The van der Waals surface area contributed by atoms with E-state index in [0.717, 1.165) is 45.2 Å². The Hall–Kier alpha value is -2.90. The maximum atomic E-state index is 13.5. The van der Waals surface area contributed by atoms with E-state index in [1.165, 1.54) is 16.0 Å². The second kappa shape index (κ2) is 7.41. The molecule has 30 heavy (non-hydrogen) atoms. The van der Waals surface area contributed by atoms with E-state index < -0.39 is 0 Å². The van der Waals surface area contributed by atoms with Crippen molar-refractivity contribution >= 4 is 39.0 Å². The molecule has 0 spiro atoms. The zero-order chi connectivity index (χ0) is 20.8. The molecule has 5 rings (SSSR count). The van der Waals surface area contributed by atoms with Crippen LogP contribution in [0.5, 0.6) is 0 Å². The highest BCUT2D eigenvalue weighted by Crippen LogP contribution is 2.33. The smallest absolute Gasteiger partial charge is 0.284 e. The quantitative estimate of drug-likeness (QED) is 0.333. The summed E-state index contributed by atoms with van der Waals surface area (Å²) in [6, 6.07) is 12.1. The van der Waals surface area contributed by atoms with Gasteiger partial charge in [0.25, 0.3) is 5.56 Å². The van der Waals surface area contributed by atoms with Crippen molar-refractivity contribution in [3.05, 3.63) is 81.7 Å². The van der Waals surface area contributed by atoms with E-state index in [1.807, 2.05) is 41.8 Å². The van der Waals surface area contributed by atoms with Gasteiger partial charge in [0.15, 0.2) is 5.16 Å². The number of aryl methyl sites for hydroxylation is 1. The predicted octanol–water partition coefficient (Wildman–Crippen LogP) is 5.09. The fraction of sp³-hybridized carbons (Fsp3) is 0.174. The Morgan fingerprint density at radius 1 is 1.20 bits per heavy atom. The van der Waals surface area contributed by atoms with Gasteiger partial charge in [-0.2, -0.15) is 9.78 Å². The van der Waals surface area contributed by atoms with Crippen LogP contribution in [0, 0.1) is 13.8 Å². The van der Waals surface area contributed by atoms with Gasteiger partial charge in [0, 0.05) is 40.2 Å². The van der Waals surface area contributed by atoms with Crippen molar-refractivity contribution in [2.45, 2.75) is 25.5 Å². The third-order valence-electron chi connectivity index (χ3n) is 5.40. The molecule has 0 saturated carbocycles. The van der Waals surface area contributed by atoms with E-state index >= 15 is 0 Å². The minimum Gasteiger partial charge on any atom is -0.345 e. The summed E-state index contributed by atoms with van der Waals surface area (Å²) in [5, 5.41) is 8.06. The van der Waals surface area contributed by atoms with Crippen LogP contribution in [-0.2, 0) is 6.54 Å². The second-order valence-electron chi connectivity index (χ2n) is 7.23. The topological polar surface area (TPSA) is 52.2 Å². The first-order chi connectivity index (χ1) is 14.6. The van der Waals surface area contributed by atoms with E-state index in [1.54, 1.807) is 11.8 Å². The molecule has 4 aromatic rings. The molecule has 1 aromatic carbocycles. The molecule has 0 unspecified atom stereocenters. The van der Waals surface area contributed by atoms with Gasteiger partial charge < -0.3 is 4.57 Å². The van der Waals surface area contributed by atoms with Crippen molar-refractivity contribution in [2.24, 2.45) is 5.10 Å². The van der Waals surface area contributed by atoms with Crippen LogP contribution in [-0.4, -0.2) is 25.7 Å². The van der Waals surface area contributed by atoms with E-state index in [2.05, 4.69) is 31.1 Å². The Morgan fingerprint density at radius 2 is 2.00 bits per heavy atom. The van der Waals surface area contributed by atoms with Gasteiger partial charge in [0.2, 0.25) is 0 Å².